The first-order chi connectivity index (χ1) is 5.79. The molecule has 5 heteroatoms. The van der Waals surface area contributed by atoms with Crippen LogP contribution in [0.25, 0.3) is 0 Å². The molecule has 0 atom stereocenters. The minimum Gasteiger partial charge on any atom is -0.303 e. The summed E-state index contributed by atoms with van der Waals surface area (Å²) in [5.41, 5.74) is 1.17. The summed E-state index contributed by atoms with van der Waals surface area (Å²) in [5, 5.41) is 0. The second-order valence-electron chi connectivity index (χ2n) is 2.88. The highest BCUT2D eigenvalue weighted by molar-refractivity contribution is 7.46. The third-order valence-electron chi connectivity index (χ3n) is 0.757. The van der Waals surface area contributed by atoms with Crippen LogP contribution in [0.15, 0.2) is 12.2 Å². The van der Waals surface area contributed by atoms with Crippen LogP contribution in [0.2, 0.25) is 0 Å². The van der Waals surface area contributed by atoms with E-state index in [0.29, 0.717) is 6.42 Å². The van der Waals surface area contributed by atoms with E-state index in [-0.39, 0.29) is 6.61 Å². The molecule has 0 amide bonds. The predicted molar refractivity (Wildman–Crippen MR) is 53.4 cm³/mol. The van der Waals surface area contributed by atoms with Crippen molar-refractivity contribution in [1.82, 2.24) is 0 Å². The minimum absolute atomic E-state index is 0.140. The average Bonchev–Trinajstić information content (AvgIpc) is 1.83. The van der Waals surface area contributed by atoms with Crippen molar-refractivity contribution < 1.29 is 18.9 Å². The van der Waals surface area contributed by atoms with Crippen molar-refractivity contribution in [3.63, 3.8) is 0 Å². The smallest absolute Gasteiger partial charge is 0.303 e. The number of phosphoric ester groups is 1. The molecular formula is C8H19O4P. The van der Waals surface area contributed by atoms with Crippen LogP contribution >= 0.6 is 7.82 Å². The van der Waals surface area contributed by atoms with Gasteiger partial charge in [0.1, 0.15) is 0 Å². The summed E-state index contributed by atoms with van der Waals surface area (Å²) >= 11 is 0. The first kappa shape index (κ1) is 15.3. The van der Waals surface area contributed by atoms with Crippen molar-refractivity contribution in [1.29, 1.82) is 0 Å². The van der Waals surface area contributed by atoms with Crippen LogP contribution < -0.4 is 0 Å². The Bertz CT molecular complexity index is 169. The van der Waals surface area contributed by atoms with Crippen LogP contribution in [0.4, 0.5) is 0 Å². The summed E-state index contributed by atoms with van der Waals surface area (Å²) in [4.78, 5) is 16.3. The van der Waals surface area contributed by atoms with E-state index in [2.05, 4.69) is 11.1 Å². The van der Waals surface area contributed by atoms with Crippen LogP contribution in [0, 0.1) is 0 Å². The van der Waals surface area contributed by atoms with E-state index >= 15 is 0 Å². The van der Waals surface area contributed by atoms with E-state index in [1.54, 1.807) is 0 Å². The van der Waals surface area contributed by atoms with E-state index in [1.165, 1.54) is 5.57 Å². The van der Waals surface area contributed by atoms with Crippen LogP contribution in [-0.2, 0) is 9.09 Å². The van der Waals surface area contributed by atoms with Gasteiger partial charge in [0.2, 0.25) is 0 Å². The standard InChI is InChI=1S/C4H11O4P.C4H8/c1-2-3-4-8-9(5,6)7;1-4(2)3/h2-4H2,1H3,(H2,5,6,7);1H2,2-3H3. The number of hydrogen-bond donors (Lipinski definition) is 2. The molecular weight excluding hydrogens is 191 g/mol. The number of allylic oxidation sites excluding steroid dienone is 1. The molecule has 0 radical (unpaired) electrons. The van der Waals surface area contributed by atoms with Crippen LogP contribution in [0.3, 0.4) is 0 Å². The van der Waals surface area contributed by atoms with E-state index in [9.17, 15) is 4.57 Å². The maximum atomic E-state index is 9.98. The van der Waals surface area contributed by atoms with Gasteiger partial charge >= 0.3 is 7.82 Å². The zero-order valence-corrected chi connectivity index (χ0v) is 9.38. The van der Waals surface area contributed by atoms with Gasteiger partial charge in [-0.15, -0.1) is 6.58 Å². The number of hydrogen-bond acceptors (Lipinski definition) is 2. The molecule has 0 aliphatic rings. The molecule has 0 aliphatic heterocycles. The van der Waals surface area contributed by atoms with Crippen molar-refractivity contribution >= 4 is 7.82 Å². The largest absolute Gasteiger partial charge is 0.469 e. The molecule has 0 heterocycles. The van der Waals surface area contributed by atoms with E-state index in [0.717, 1.165) is 6.42 Å². The van der Waals surface area contributed by atoms with Gasteiger partial charge in [0, 0.05) is 0 Å². The second-order valence-corrected chi connectivity index (χ2v) is 4.12. The lowest BCUT2D eigenvalue weighted by atomic mass is 10.4. The number of unbranched alkanes of at least 4 members (excludes halogenated alkanes) is 1. The van der Waals surface area contributed by atoms with Crippen LogP contribution in [0.1, 0.15) is 33.6 Å². The van der Waals surface area contributed by atoms with Gasteiger partial charge in [-0.25, -0.2) is 4.57 Å². The zero-order chi connectivity index (χ0) is 10.9. The summed E-state index contributed by atoms with van der Waals surface area (Å²) in [6.45, 7) is 9.56. The summed E-state index contributed by atoms with van der Waals surface area (Å²) in [6, 6.07) is 0. The highest BCUT2D eigenvalue weighted by Gasteiger charge is 2.11. The predicted octanol–water partition coefficient (Wildman–Crippen LogP) is 2.48. The number of rotatable bonds is 4. The Kier molecular flexibility index (Phi) is 9.96. The van der Waals surface area contributed by atoms with E-state index in [1.807, 2.05) is 20.8 Å². The lowest BCUT2D eigenvalue weighted by Crippen LogP contribution is -1.90. The Hall–Kier alpha value is -0.150. The average molecular weight is 210 g/mol. The maximum Gasteiger partial charge on any atom is 0.469 e. The molecule has 13 heavy (non-hydrogen) atoms. The first-order valence-electron chi connectivity index (χ1n) is 4.11. The Balaban J connectivity index is 0. The van der Waals surface area contributed by atoms with Crippen LogP contribution in [0.5, 0.6) is 0 Å². The quantitative estimate of drug-likeness (QED) is 0.425. The molecule has 0 unspecified atom stereocenters. The van der Waals surface area contributed by atoms with Gasteiger partial charge in [-0.2, -0.15) is 0 Å². The molecule has 0 saturated carbocycles. The van der Waals surface area contributed by atoms with Crippen molar-refractivity contribution in [2.45, 2.75) is 33.6 Å². The van der Waals surface area contributed by atoms with Crippen molar-refractivity contribution in [3.8, 4) is 0 Å². The summed E-state index contributed by atoms with van der Waals surface area (Å²) in [7, 11) is -4.20. The fraction of sp³-hybridized carbons (Fsp3) is 0.750. The Morgan fingerprint density at radius 2 is 1.85 bits per heavy atom. The Morgan fingerprint density at radius 1 is 1.46 bits per heavy atom. The lowest BCUT2D eigenvalue weighted by Gasteiger charge is -2.02. The number of phosphoric acid groups is 1. The third-order valence-corrected chi connectivity index (χ3v) is 1.28. The topological polar surface area (TPSA) is 66.8 Å². The summed E-state index contributed by atoms with van der Waals surface area (Å²) in [6.07, 6.45) is 1.56. The fourth-order valence-electron chi connectivity index (χ4n) is 0.328. The normalized spacial score (nSPS) is 10.2. The van der Waals surface area contributed by atoms with Gasteiger partial charge < -0.3 is 9.79 Å². The second kappa shape index (κ2) is 8.45. The Labute approximate surface area is 79.9 Å². The third kappa shape index (κ3) is 33.6. The Morgan fingerprint density at radius 3 is 2.08 bits per heavy atom. The lowest BCUT2D eigenvalue weighted by molar-refractivity contribution is 0.194. The summed E-state index contributed by atoms with van der Waals surface area (Å²) < 4.78 is 14.1. The zero-order valence-electron chi connectivity index (χ0n) is 8.49. The molecule has 0 aromatic carbocycles. The molecule has 0 bridgehead atoms. The maximum absolute atomic E-state index is 9.98. The van der Waals surface area contributed by atoms with Crippen molar-refractivity contribution in [2.75, 3.05) is 6.61 Å². The molecule has 0 aromatic heterocycles. The molecule has 4 nitrogen and oxygen atoms in total. The van der Waals surface area contributed by atoms with Gasteiger partial charge in [0.25, 0.3) is 0 Å². The van der Waals surface area contributed by atoms with E-state index in [4.69, 9.17) is 9.79 Å². The molecule has 0 aliphatic carbocycles. The van der Waals surface area contributed by atoms with E-state index < -0.39 is 7.82 Å². The van der Waals surface area contributed by atoms with Crippen molar-refractivity contribution in [3.05, 3.63) is 12.2 Å². The van der Waals surface area contributed by atoms with Gasteiger partial charge in [-0.3, -0.25) is 4.52 Å². The van der Waals surface area contributed by atoms with Crippen LogP contribution in [-0.4, -0.2) is 16.4 Å². The highest BCUT2D eigenvalue weighted by Crippen LogP contribution is 2.35. The van der Waals surface area contributed by atoms with Crippen molar-refractivity contribution in [2.24, 2.45) is 0 Å². The summed E-state index contributed by atoms with van der Waals surface area (Å²) in [5.74, 6) is 0. The highest BCUT2D eigenvalue weighted by atomic mass is 31.2. The minimum atomic E-state index is -4.20. The fourth-order valence-corrected chi connectivity index (χ4v) is 0.695. The molecule has 0 rings (SSSR count). The monoisotopic (exact) mass is 210 g/mol. The van der Waals surface area contributed by atoms with Gasteiger partial charge in [0.15, 0.2) is 0 Å². The van der Waals surface area contributed by atoms with Gasteiger partial charge in [-0.05, 0) is 20.3 Å². The molecule has 0 saturated heterocycles. The molecule has 2 N–H and O–H groups in total. The molecule has 0 fully saturated rings. The van der Waals surface area contributed by atoms with Gasteiger partial charge in [-0.1, -0.05) is 18.9 Å². The molecule has 0 spiro atoms. The molecule has 80 valence electrons. The molecule has 0 aromatic rings. The SMILES string of the molecule is C=C(C)C.CCCCOP(=O)(O)O. The first-order valence-corrected chi connectivity index (χ1v) is 5.64. The van der Waals surface area contributed by atoms with Gasteiger partial charge in [0.05, 0.1) is 6.61 Å².